The van der Waals surface area contributed by atoms with E-state index >= 15 is 0 Å². The minimum Gasteiger partial charge on any atom is -0.495 e. The number of hydrogen-bond acceptors (Lipinski definition) is 6. The molecule has 0 aliphatic heterocycles. The average Bonchev–Trinajstić information content (AvgIpc) is 2.82. The number of carbonyl (C=O) groups excluding carboxylic acids is 2. The molecule has 0 saturated heterocycles. The molecule has 0 unspecified atom stereocenters. The lowest BCUT2D eigenvalue weighted by molar-refractivity contribution is 0.0600. The first kappa shape index (κ1) is 22.7. The Morgan fingerprint density at radius 2 is 1.59 bits per heavy atom. The first-order valence-electron chi connectivity index (χ1n) is 9.96. The normalized spacial score (nSPS) is 10.4. The fraction of sp³-hybridized carbons (Fsp3) is 0.200. The zero-order chi connectivity index (χ0) is 23.3. The number of aryl methyl sites for hydroxylation is 1. The van der Waals surface area contributed by atoms with Gasteiger partial charge in [-0.05, 0) is 60.5 Å². The largest absolute Gasteiger partial charge is 0.495 e. The van der Waals surface area contributed by atoms with Crippen molar-refractivity contribution in [3.8, 4) is 11.5 Å². The number of ether oxygens (including phenoxy) is 3. The van der Waals surface area contributed by atoms with E-state index in [0.29, 0.717) is 34.0 Å². The lowest BCUT2D eigenvalue weighted by atomic mass is 10.1. The lowest BCUT2D eigenvalue weighted by Crippen LogP contribution is -2.26. The molecule has 0 radical (unpaired) electrons. The minimum atomic E-state index is -0.391. The third kappa shape index (κ3) is 5.00. The molecule has 0 heterocycles. The van der Waals surface area contributed by atoms with Crippen molar-refractivity contribution in [2.45, 2.75) is 13.5 Å². The molecule has 32 heavy (non-hydrogen) atoms. The van der Waals surface area contributed by atoms with Crippen molar-refractivity contribution in [3.05, 3.63) is 82.9 Å². The highest BCUT2D eigenvalue weighted by Crippen LogP contribution is 2.31. The smallest absolute Gasteiger partial charge is 0.337 e. The summed E-state index contributed by atoms with van der Waals surface area (Å²) < 4.78 is 16.0. The molecule has 3 rings (SSSR count). The van der Waals surface area contributed by atoms with Crippen molar-refractivity contribution < 1.29 is 23.8 Å². The number of hydrogen-bond donors (Lipinski definition) is 1. The van der Waals surface area contributed by atoms with Gasteiger partial charge in [0.05, 0.1) is 31.2 Å². The van der Waals surface area contributed by atoms with Gasteiger partial charge in [0.25, 0.3) is 5.91 Å². The van der Waals surface area contributed by atoms with Crippen LogP contribution in [0, 0.1) is 6.92 Å². The Morgan fingerprint density at radius 1 is 0.906 bits per heavy atom. The van der Waals surface area contributed by atoms with Crippen LogP contribution >= 0.6 is 0 Å². The molecular formula is C25H26N2O5. The average molecular weight is 434 g/mol. The molecule has 7 nitrogen and oxygen atoms in total. The summed E-state index contributed by atoms with van der Waals surface area (Å²) in [5, 5.41) is 0. The highest BCUT2D eigenvalue weighted by atomic mass is 16.5. The van der Waals surface area contributed by atoms with E-state index in [0.717, 1.165) is 11.1 Å². The quantitative estimate of drug-likeness (QED) is 0.442. The van der Waals surface area contributed by atoms with E-state index in [1.807, 2.05) is 25.1 Å². The molecule has 0 aromatic heterocycles. The minimum absolute atomic E-state index is 0.223. The van der Waals surface area contributed by atoms with E-state index in [1.165, 1.54) is 19.1 Å². The summed E-state index contributed by atoms with van der Waals surface area (Å²) in [4.78, 5) is 26.2. The van der Waals surface area contributed by atoms with Gasteiger partial charge in [0.15, 0.2) is 0 Å². The van der Waals surface area contributed by atoms with Crippen LogP contribution in [-0.2, 0) is 11.3 Å². The summed E-state index contributed by atoms with van der Waals surface area (Å²) in [6, 6.07) is 17.5. The van der Waals surface area contributed by atoms with Crippen LogP contribution in [0.1, 0.15) is 31.8 Å². The first-order chi connectivity index (χ1) is 15.3. The molecule has 0 atom stereocenters. The standard InChI is InChI=1S/C25H26N2O5/c1-16-5-12-21(27(2)24(28)19-10-11-20(26)22(14-19)30-3)23(13-16)32-15-17-6-8-18(9-7-17)25(29)31-4/h5-14H,15,26H2,1-4H3. The van der Waals surface area contributed by atoms with Crippen molar-refractivity contribution in [1.82, 2.24) is 0 Å². The van der Waals surface area contributed by atoms with Crippen LogP contribution in [0.3, 0.4) is 0 Å². The molecule has 1 amide bonds. The van der Waals surface area contributed by atoms with Crippen molar-refractivity contribution in [1.29, 1.82) is 0 Å². The van der Waals surface area contributed by atoms with Gasteiger partial charge >= 0.3 is 5.97 Å². The van der Waals surface area contributed by atoms with Crippen LogP contribution < -0.4 is 20.1 Å². The number of methoxy groups -OCH3 is 2. The highest BCUT2D eigenvalue weighted by molar-refractivity contribution is 6.07. The Hall–Kier alpha value is -4.00. The predicted molar refractivity (Wildman–Crippen MR) is 123 cm³/mol. The second-order valence-electron chi connectivity index (χ2n) is 7.27. The van der Waals surface area contributed by atoms with Crippen molar-refractivity contribution in [3.63, 3.8) is 0 Å². The van der Waals surface area contributed by atoms with Gasteiger partial charge in [0.1, 0.15) is 18.1 Å². The molecule has 0 bridgehead atoms. The van der Waals surface area contributed by atoms with E-state index in [9.17, 15) is 9.59 Å². The second kappa shape index (κ2) is 9.87. The lowest BCUT2D eigenvalue weighted by Gasteiger charge is -2.22. The molecule has 2 N–H and O–H groups in total. The number of rotatable bonds is 7. The van der Waals surface area contributed by atoms with Crippen molar-refractivity contribution in [2.24, 2.45) is 0 Å². The van der Waals surface area contributed by atoms with Gasteiger partial charge in [0, 0.05) is 12.6 Å². The molecule has 0 aliphatic carbocycles. The Bertz CT molecular complexity index is 1130. The van der Waals surface area contributed by atoms with Crippen molar-refractivity contribution in [2.75, 3.05) is 31.9 Å². The molecule has 0 spiro atoms. The van der Waals surface area contributed by atoms with Crippen LogP contribution in [0.2, 0.25) is 0 Å². The van der Waals surface area contributed by atoms with Crippen molar-refractivity contribution >= 4 is 23.3 Å². The summed E-state index contributed by atoms with van der Waals surface area (Å²) in [5.74, 6) is 0.401. The van der Waals surface area contributed by atoms with Gasteiger partial charge in [-0.2, -0.15) is 0 Å². The summed E-state index contributed by atoms with van der Waals surface area (Å²) in [5.41, 5.74) is 9.74. The number of benzene rings is 3. The number of anilines is 2. The molecule has 0 saturated carbocycles. The third-order valence-corrected chi connectivity index (χ3v) is 5.03. The number of nitrogen functional groups attached to an aromatic ring is 1. The van der Waals surface area contributed by atoms with Crippen LogP contribution in [0.4, 0.5) is 11.4 Å². The topological polar surface area (TPSA) is 91.1 Å². The van der Waals surface area contributed by atoms with E-state index in [4.69, 9.17) is 19.9 Å². The molecule has 166 valence electrons. The SMILES string of the molecule is COC(=O)c1ccc(COc2cc(C)ccc2N(C)C(=O)c2ccc(N)c(OC)c2)cc1. The number of nitrogens with zero attached hydrogens (tertiary/aromatic N) is 1. The Balaban J connectivity index is 1.81. The van der Waals surface area contributed by atoms with Crippen LogP contribution in [-0.4, -0.2) is 33.1 Å². The summed E-state index contributed by atoms with van der Waals surface area (Å²) >= 11 is 0. The van der Waals surface area contributed by atoms with Gasteiger partial charge < -0.3 is 24.8 Å². The Morgan fingerprint density at radius 3 is 2.25 bits per heavy atom. The van der Waals surface area contributed by atoms with Gasteiger partial charge in [0.2, 0.25) is 0 Å². The first-order valence-corrected chi connectivity index (χ1v) is 9.96. The zero-order valence-electron chi connectivity index (χ0n) is 18.5. The van der Waals surface area contributed by atoms with E-state index in [-0.39, 0.29) is 12.5 Å². The van der Waals surface area contributed by atoms with Gasteiger partial charge in [-0.25, -0.2) is 4.79 Å². The number of esters is 1. The van der Waals surface area contributed by atoms with Crippen LogP contribution in [0.15, 0.2) is 60.7 Å². The number of amides is 1. The summed E-state index contributed by atoms with van der Waals surface area (Å²) in [6.45, 7) is 2.23. The molecule has 7 heteroatoms. The fourth-order valence-corrected chi connectivity index (χ4v) is 3.18. The van der Waals surface area contributed by atoms with E-state index < -0.39 is 5.97 Å². The number of nitrogens with two attached hydrogens (primary N) is 1. The number of carbonyl (C=O) groups is 2. The van der Waals surface area contributed by atoms with Crippen LogP contribution in [0.25, 0.3) is 0 Å². The molecule has 3 aromatic carbocycles. The maximum Gasteiger partial charge on any atom is 0.337 e. The highest BCUT2D eigenvalue weighted by Gasteiger charge is 2.19. The maximum atomic E-state index is 13.1. The third-order valence-electron chi connectivity index (χ3n) is 5.03. The monoisotopic (exact) mass is 434 g/mol. The van der Waals surface area contributed by atoms with Crippen LogP contribution in [0.5, 0.6) is 11.5 Å². The zero-order valence-corrected chi connectivity index (χ0v) is 18.5. The second-order valence-corrected chi connectivity index (χ2v) is 7.27. The molecular weight excluding hydrogens is 408 g/mol. The van der Waals surface area contributed by atoms with E-state index in [2.05, 4.69) is 0 Å². The molecule has 0 fully saturated rings. The van der Waals surface area contributed by atoms with E-state index in [1.54, 1.807) is 49.5 Å². The Kier molecular flexibility index (Phi) is 7.00. The Labute approximate surface area is 187 Å². The predicted octanol–water partition coefficient (Wildman–Crippen LogP) is 4.23. The summed E-state index contributed by atoms with van der Waals surface area (Å²) in [7, 11) is 4.54. The molecule has 3 aromatic rings. The van der Waals surface area contributed by atoms with Gasteiger partial charge in [-0.3, -0.25) is 4.79 Å². The fourth-order valence-electron chi connectivity index (χ4n) is 3.18. The molecule has 0 aliphatic rings. The summed E-state index contributed by atoms with van der Waals surface area (Å²) in [6.07, 6.45) is 0. The van der Waals surface area contributed by atoms with Gasteiger partial charge in [-0.1, -0.05) is 18.2 Å². The maximum absolute atomic E-state index is 13.1. The van der Waals surface area contributed by atoms with Gasteiger partial charge in [-0.15, -0.1) is 0 Å².